The molecule has 0 saturated heterocycles. The number of nitrogens with zero attached hydrogens (tertiary/aromatic N) is 2. The van der Waals surface area contributed by atoms with Gasteiger partial charge in [-0.05, 0) is 18.6 Å². The highest BCUT2D eigenvalue weighted by atomic mass is 32.2. The number of hydrogen-bond acceptors (Lipinski definition) is 5. The van der Waals surface area contributed by atoms with Gasteiger partial charge in [0, 0.05) is 12.2 Å². The molecule has 6 nitrogen and oxygen atoms in total. The Labute approximate surface area is 159 Å². The van der Waals surface area contributed by atoms with Gasteiger partial charge in [0.2, 0.25) is 0 Å². The smallest absolute Gasteiger partial charge is 0.267 e. The second kappa shape index (κ2) is 8.45. The number of carbonyl (C=O) groups is 1. The lowest BCUT2D eigenvalue weighted by Crippen LogP contribution is -2.42. The normalized spacial score (nSPS) is 15.1. The molecule has 0 amide bonds. The molecule has 0 atom stereocenters. The highest BCUT2D eigenvalue weighted by Crippen LogP contribution is 2.32. The number of benzene rings is 2. The molecule has 1 heterocycles. The van der Waals surface area contributed by atoms with E-state index in [-0.39, 0.29) is 36.1 Å². The number of sulfonamides is 1. The number of ether oxygens (including phenoxy) is 1. The number of Topliss-reactive ketones (excluding diaryl/α,β-unsaturated/α-hetero) is 1. The van der Waals surface area contributed by atoms with Crippen molar-refractivity contribution in [2.75, 3.05) is 19.8 Å². The van der Waals surface area contributed by atoms with E-state index in [4.69, 9.17) is 4.74 Å². The minimum Gasteiger partial charge on any atom is -0.380 e. The van der Waals surface area contributed by atoms with Crippen molar-refractivity contribution in [3.8, 4) is 0 Å². The Morgan fingerprint density at radius 3 is 2.48 bits per heavy atom. The SMILES string of the molecule is CCCOCCN1C(CC(=O)c2ccccc2)=Nc2ccccc2S1(=O)=O. The van der Waals surface area contributed by atoms with Gasteiger partial charge < -0.3 is 4.74 Å². The zero-order valence-electron chi connectivity index (χ0n) is 15.2. The summed E-state index contributed by atoms with van der Waals surface area (Å²) < 4.78 is 32.8. The molecule has 7 heteroatoms. The number of ketones is 1. The van der Waals surface area contributed by atoms with Crippen LogP contribution in [0.2, 0.25) is 0 Å². The molecular formula is C20H22N2O4S. The number of carbonyl (C=O) groups excluding carboxylic acids is 1. The highest BCUT2D eigenvalue weighted by Gasteiger charge is 2.34. The molecule has 0 saturated carbocycles. The van der Waals surface area contributed by atoms with Crippen LogP contribution in [-0.4, -0.2) is 44.1 Å². The van der Waals surface area contributed by atoms with Crippen LogP contribution in [-0.2, 0) is 14.8 Å². The molecular weight excluding hydrogens is 364 g/mol. The first-order chi connectivity index (χ1) is 13.0. The topological polar surface area (TPSA) is 76.0 Å². The maximum Gasteiger partial charge on any atom is 0.267 e. The van der Waals surface area contributed by atoms with Crippen molar-refractivity contribution < 1.29 is 17.9 Å². The van der Waals surface area contributed by atoms with E-state index in [1.807, 2.05) is 13.0 Å². The zero-order valence-corrected chi connectivity index (χ0v) is 16.0. The molecule has 3 rings (SSSR count). The summed E-state index contributed by atoms with van der Waals surface area (Å²) in [6.45, 7) is 2.91. The molecule has 1 aliphatic heterocycles. The van der Waals surface area contributed by atoms with Crippen LogP contribution in [0.25, 0.3) is 0 Å². The first kappa shape index (κ1) is 19.3. The zero-order chi connectivity index (χ0) is 19.3. The average molecular weight is 386 g/mol. The minimum absolute atomic E-state index is 0.0919. The Hall–Kier alpha value is -2.51. The summed E-state index contributed by atoms with van der Waals surface area (Å²) >= 11 is 0. The third-order valence-corrected chi connectivity index (χ3v) is 6.05. The summed E-state index contributed by atoms with van der Waals surface area (Å²) in [6.07, 6.45) is 0.758. The number of para-hydroxylation sites is 1. The van der Waals surface area contributed by atoms with Crippen LogP contribution in [0.4, 0.5) is 5.69 Å². The van der Waals surface area contributed by atoms with Gasteiger partial charge in [-0.3, -0.25) is 9.10 Å². The molecule has 0 fully saturated rings. The molecule has 0 aromatic heterocycles. The third-order valence-electron chi connectivity index (χ3n) is 4.17. The monoisotopic (exact) mass is 386 g/mol. The molecule has 0 spiro atoms. The van der Waals surface area contributed by atoms with Gasteiger partial charge in [-0.25, -0.2) is 13.4 Å². The van der Waals surface area contributed by atoms with Crippen molar-refractivity contribution in [2.45, 2.75) is 24.7 Å². The van der Waals surface area contributed by atoms with Gasteiger partial charge in [-0.15, -0.1) is 0 Å². The fraction of sp³-hybridized carbons (Fsp3) is 0.300. The van der Waals surface area contributed by atoms with Crippen LogP contribution in [0.1, 0.15) is 30.1 Å². The van der Waals surface area contributed by atoms with Crippen LogP contribution in [0, 0.1) is 0 Å². The van der Waals surface area contributed by atoms with E-state index in [9.17, 15) is 13.2 Å². The van der Waals surface area contributed by atoms with Crippen LogP contribution in [0.3, 0.4) is 0 Å². The third kappa shape index (κ3) is 4.26. The van der Waals surface area contributed by atoms with Gasteiger partial charge in [0.05, 0.1) is 25.3 Å². The predicted molar refractivity (Wildman–Crippen MR) is 104 cm³/mol. The molecule has 0 aliphatic carbocycles. The summed E-state index contributed by atoms with van der Waals surface area (Å²) in [6, 6.07) is 15.4. The van der Waals surface area contributed by atoms with E-state index >= 15 is 0 Å². The molecule has 2 aromatic rings. The molecule has 0 N–H and O–H groups in total. The molecule has 142 valence electrons. The van der Waals surface area contributed by atoms with E-state index in [1.54, 1.807) is 42.5 Å². The maximum absolute atomic E-state index is 13.1. The van der Waals surface area contributed by atoms with Gasteiger partial charge in [0.25, 0.3) is 10.0 Å². The van der Waals surface area contributed by atoms with Crippen molar-refractivity contribution in [1.29, 1.82) is 0 Å². The lowest BCUT2D eigenvalue weighted by atomic mass is 10.1. The van der Waals surface area contributed by atoms with E-state index in [1.165, 1.54) is 10.4 Å². The quantitative estimate of drug-likeness (QED) is 0.515. The lowest BCUT2D eigenvalue weighted by molar-refractivity contribution is 0.0996. The largest absolute Gasteiger partial charge is 0.380 e. The number of amidine groups is 1. The van der Waals surface area contributed by atoms with Gasteiger partial charge >= 0.3 is 0 Å². The number of rotatable bonds is 8. The summed E-state index contributed by atoms with van der Waals surface area (Å²) in [7, 11) is -3.78. The molecule has 0 bridgehead atoms. The summed E-state index contributed by atoms with van der Waals surface area (Å²) in [4.78, 5) is 17.2. The van der Waals surface area contributed by atoms with Gasteiger partial charge in [-0.2, -0.15) is 0 Å². The number of aliphatic imine (C=N–C) groups is 1. The highest BCUT2D eigenvalue weighted by molar-refractivity contribution is 7.90. The van der Waals surface area contributed by atoms with E-state index < -0.39 is 10.0 Å². The Balaban J connectivity index is 1.92. The Morgan fingerprint density at radius 1 is 1.04 bits per heavy atom. The molecule has 1 aliphatic rings. The summed E-state index contributed by atoms with van der Waals surface area (Å²) in [5, 5.41) is 0. The van der Waals surface area contributed by atoms with Gasteiger partial charge in [0.1, 0.15) is 10.7 Å². The van der Waals surface area contributed by atoms with Crippen molar-refractivity contribution in [3.63, 3.8) is 0 Å². The minimum atomic E-state index is -3.78. The van der Waals surface area contributed by atoms with E-state index in [2.05, 4.69) is 4.99 Å². The number of fused-ring (bicyclic) bond motifs is 1. The maximum atomic E-state index is 13.1. The molecule has 2 aromatic carbocycles. The summed E-state index contributed by atoms with van der Waals surface area (Å²) in [5.74, 6) is 0.0473. The second-order valence-corrected chi connectivity index (χ2v) is 7.98. The van der Waals surface area contributed by atoms with Gasteiger partial charge in [-0.1, -0.05) is 49.4 Å². The Bertz CT molecular complexity index is 939. The van der Waals surface area contributed by atoms with Crippen LogP contribution >= 0.6 is 0 Å². The van der Waals surface area contributed by atoms with Crippen molar-refractivity contribution >= 4 is 27.3 Å². The molecule has 0 unspecified atom stereocenters. The van der Waals surface area contributed by atoms with E-state index in [0.717, 1.165) is 6.42 Å². The lowest BCUT2D eigenvalue weighted by Gasteiger charge is -2.29. The second-order valence-electron chi connectivity index (χ2n) is 6.15. The first-order valence-electron chi connectivity index (χ1n) is 8.89. The van der Waals surface area contributed by atoms with Crippen LogP contribution in [0.15, 0.2) is 64.5 Å². The predicted octanol–water partition coefficient (Wildman–Crippen LogP) is 3.42. The fourth-order valence-corrected chi connectivity index (χ4v) is 4.42. The van der Waals surface area contributed by atoms with Crippen LogP contribution in [0.5, 0.6) is 0 Å². The number of hydrogen-bond donors (Lipinski definition) is 0. The van der Waals surface area contributed by atoms with Crippen molar-refractivity contribution in [2.24, 2.45) is 4.99 Å². The van der Waals surface area contributed by atoms with Gasteiger partial charge in [0.15, 0.2) is 5.78 Å². The fourth-order valence-electron chi connectivity index (χ4n) is 2.86. The first-order valence-corrected chi connectivity index (χ1v) is 10.3. The summed E-state index contributed by atoms with van der Waals surface area (Å²) in [5.41, 5.74) is 0.887. The average Bonchev–Trinajstić information content (AvgIpc) is 2.67. The molecule has 27 heavy (non-hydrogen) atoms. The Morgan fingerprint density at radius 2 is 1.74 bits per heavy atom. The van der Waals surface area contributed by atoms with Crippen molar-refractivity contribution in [3.05, 3.63) is 60.2 Å². The molecule has 0 radical (unpaired) electrons. The van der Waals surface area contributed by atoms with Crippen molar-refractivity contribution in [1.82, 2.24) is 4.31 Å². The Kier molecular flexibility index (Phi) is 6.03. The standard InChI is InChI=1S/C20H22N2O4S/c1-2-13-26-14-12-22-20(15-18(23)16-8-4-3-5-9-16)21-17-10-6-7-11-19(17)27(22,24)25/h3-11H,2,12-15H2,1H3. The van der Waals surface area contributed by atoms with Crippen LogP contribution < -0.4 is 0 Å². The van der Waals surface area contributed by atoms with E-state index in [0.29, 0.717) is 17.9 Å².